The number of hydrogen-bond donors (Lipinski definition) is 1. The van der Waals surface area contributed by atoms with Gasteiger partial charge in [-0.1, -0.05) is 6.92 Å². The molecule has 0 aliphatic carbocycles. The lowest BCUT2D eigenvalue weighted by molar-refractivity contribution is -0.384. The Labute approximate surface area is 109 Å². The van der Waals surface area contributed by atoms with Crippen molar-refractivity contribution in [3.8, 4) is 5.75 Å². The van der Waals surface area contributed by atoms with Gasteiger partial charge in [0.2, 0.25) is 5.91 Å². The van der Waals surface area contributed by atoms with Gasteiger partial charge in [-0.25, -0.2) is 0 Å². The van der Waals surface area contributed by atoms with E-state index < -0.39 is 4.92 Å². The Morgan fingerprint density at radius 3 is 2.78 bits per heavy atom. The highest BCUT2D eigenvalue weighted by Crippen LogP contribution is 2.29. The summed E-state index contributed by atoms with van der Waals surface area (Å²) in [5.74, 6) is -0.191. The fourth-order valence-electron chi connectivity index (χ4n) is 1.22. The molecule has 1 N–H and O–H groups in total. The molecule has 0 heterocycles. The number of non-ortho nitro benzene ring substituents is 1. The molecule has 1 atom stereocenters. The number of benzene rings is 1. The quantitative estimate of drug-likeness (QED) is 0.507. The molecule has 0 aliphatic rings. The highest BCUT2D eigenvalue weighted by atomic mass is 35.5. The van der Waals surface area contributed by atoms with Gasteiger partial charge in [0, 0.05) is 17.9 Å². The van der Waals surface area contributed by atoms with Gasteiger partial charge in [0.1, 0.15) is 5.75 Å². The summed E-state index contributed by atoms with van der Waals surface area (Å²) >= 11 is 5.57. The summed E-state index contributed by atoms with van der Waals surface area (Å²) < 4.78 is 5.00. The van der Waals surface area contributed by atoms with E-state index in [0.29, 0.717) is 5.69 Å². The monoisotopic (exact) mass is 272 g/mol. The van der Waals surface area contributed by atoms with Gasteiger partial charge in [0.05, 0.1) is 23.8 Å². The molecule has 1 unspecified atom stereocenters. The van der Waals surface area contributed by atoms with Crippen molar-refractivity contribution in [2.45, 2.75) is 6.92 Å². The third kappa shape index (κ3) is 3.33. The first-order valence-corrected chi connectivity index (χ1v) is 5.72. The summed E-state index contributed by atoms with van der Waals surface area (Å²) in [6.45, 7) is 1.68. The second-order valence-corrected chi connectivity index (χ2v) is 3.99. The number of rotatable bonds is 5. The maximum absolute atomic E-state index is 11.6. The number of hydrogen-bond acceptors (Lipinski definition) is 4. The van der Waals surface area contributed by atoms with E-state index in [1.54, 1.807) is 6.92 Å². The molecular formula is C11H13ClN2O4. The number of amides is 1. The lowest BCUT2D eigenvalue weighted by Crippen LogP contribution is -2.21. The zero-order valence-corrected chi connectivity index (χ0v) is 10.7. The molecular weight excluding hydrogens is 260 g/mol. The van der Waals surface area contributed by atoms with Gasteiger partial charge < -0.3 is 10.1 Å². The fourth-order valence-corrected chi connectivity index (χ4v) is 1.36. The van der Waals surface area contributed by atoms with E-state index in [2.05, 4.69) is 5.32 Å². The second-order valence-electron chi connectivity index (χ2n) is 3.69. The number of anilines is 1. The molecule has 0 radical (unpaired) electrons. The topological polar surface area (TPSA) is 81.5 Å². The van der Waals surface area contributed by atoms with Crippen LogP contribution in [0.15, 0.2) is 18.2 Å². The number of nitro benzene ring substituents is 1. The molecule has 0 spiro atoms. The average molecular weight is 273 g/mol. The van der Waals surface area contributed by atoms with E-state index in [9.17, 15) is 14.9 Å². The minimum atomic E-state index is -0.532. The molecule has 0 aromatic heterocycles. The van der Waals surface area contributed by atoms with Crippen LogP contribution in [-0.4, -0.2) is 23.8 Å². The third-order valence-corrected chi connectivity index (χ3v) is 2.80. The van der Waals surface area contributed by atoms with Crippen molar-refractivity contribution in [2.75, 3.05) is 18.3 Å². The molecule has 18 heavy (non-hydrogen) atoms. The third-order valence-electron chi connectivity index (χ3n) is 2.33. The molecule has 0 aliphatic heterocycles. The zero-order valence-electron chi connectivity index (χ0n) is 9.97. The predicted molar refractivity (Wildman–Crippen MR) is 68.2 cm³/mol. The molecule has 0 saturated carbocycles. The van der Waals surface area contributed by atoms with Gasteiger partial charge in [0.15, 0.2) is 0 Å². The molecule has 0 fully saturated rings. The number of methoxy groups -OCH3 is 1. The maximum atomic E-state index is 11.6. The van der Waals surface area contributed by atoms with Crippen molar-refractivity contribution in [1.29, 1.82) is 0 Å². The molecule has 6 nitrogen and oxygen atoms in total. The van der Waals surface area contributed by atoms with Crippen molar-refractivity contribution in [3.05, 3.63) is 28.3 Å². The number of carbonyl (C=O) groups is 1. The van der Waals surface area contributed by atoms with Crippen LogP contribution in [-0.2, 0) is 4.79 Å². The van der Waals surface area contributed by atoms with E-state index in [4.69, 9.17) is 16.3 Å². The Morgan fingerprint density at radius 2 is 2.28 bits per heavy atom. The second kappa shape index (κ2) is 6.20. The van der Waals surface area contributed by atoms with Crippen molar-refractivity contribution >= 4 is 28.9 Å². The molecule has 1 rings (SSSR count). The summed E-state index contributed by atoms with van der Waals surface area (Å²) in [4.78, 5) is 21.7. The van der Waals surface area contributed by atoms with Crippen molar-refractivity contribution in [3.63, 3.8) is 0 Å². The summed E-state index contributed by atoms with van der Waals surface area (Å²) in [5, 5.41) is 13.2. The number of nitro groups is 1. The number of nitrogens with one attached hydrogen (secondary N) is 1. The van der Waals surface area contributed by atoms with Gasteiger partial charge in [-0.05, 0) is 6.07 Å². The number of carbonyl (C=O) groups excluding carboxylic acids is 1. The highest BCUT2D eigenvalue weighted by Gasteiger charge is 2.16. The molecule has 1 aromatic carbocycles. The van der Waals surface area contributed by atoms with Gasteiger partial charge in [-0.2, -0.15) is 0 Å². The van der Waals surface area contributed by atoms with Crippen molar-refractivity contribution in [2.24, 2.45) is 5.92 Å². The molecule has 98 valence electrons. The minimum absolute atomic E-state index is 0.102. The van der Waals surface area contributed by atoms with Crippen LogP contribution in [0.2, 0.25) is 0 Å². The molecule has 1 aromatic rings. The highest BCUT2D eigenvalue weighted by molar-refractivity contribution is 6.19. The van der Waals surface area contributed by atoms with E-state index >= 15 is 0 Å². The Hall–Kier alpha value is -1.82. The van der Waals surface area contributed by atoms with Gasteiger partial charge >= 0.3 is 0 Å². The normalized spacial score (nSPS) is 11.7. The van der Waals surface area contributed by atoms with E-state index in [0.717, 1.165) is 0 Å². The minimum Gasteiger partial charge on any atom is -0.494 e. The van der Waals surface area contributed by atoms with Gasteiger partial charge in [0.25, 0.3) is 5.69 Å². The van der Waals surface area contributed by atoms with E-state index in [-0.39, 0.29) is 29.1 Å². The molecule has 7 heteroatoms. The molecule has 1 amide bonds. The van der Waals surface area contributed by atoms with Crippen molar-refractivity contribution in [1.82, 2.24) is 0 Å². The van der Waals surface area contributed by atoms with Gasteiger partial charge in [-0.15, -0.1) is 11.6 Å². The average Bonchev–Trinajstić information content (AvgIpc) is 2.37. The lowest BCUT2D eigenvalue weighted by Gasteiger charge is -2.12. The Kier molecular flexibility index (Phi) is 4.91. The summed E-state index contributed by atoms with van der Waals surface area (Å²) in [6, 6.07) is 3.97. The first-order valence-electron chi connectivity index (χ1n) is 5.18. The smallest absolute Gasteiger partial charge is 0.273 e. The predicted octanol–water partition coefficient (Wildman–Crippen LogP) is 2.42. The number of ether oxygens (including phenoxy) is 1. The van der Waals surface area contributed by atoms with Crippen LogP contribution in [0, 0.1) is 16.0 Å². The fraction of sp³-hybridized carbons (Fsp3) is 0.364. The first kappa shape index (κ1) is 14.2. The SMILES string of the molecule is COc1cc([N+](=O)[O-])ccc1NC(=O)C(C)CCl. The maximum Gasteiger partial charge on any atom is 0.273 e. The van der Waals surface area contributed by atoms with Crippen molar-refractivity contribution < 1.29 is 14.5 Å². The van der Waals surface area contributed by atoms with Crippen LogP contribution < -0.4 is 10.1 Å². The number of halogens is 1. The van der Waals surface area contributed by atoms with Crippen LogP contribution in [0.3, 0.4) is 0 Å². The summed E-state index contributed by atoms with van der Waals surface area (Å²) in [5.41, 5.74) is 0.278. The number of alkyl halides is 1. The van der Waals surface area contributed by atoms with Crippen LogP contribution in [0.1, 0.15) is 6.92 Å². The molecule has 0 saturated heterocycles. The summed E-state index contributed by atoms with van der Waals surface area (Å²) in [7, 11) is 1.37. The van der Waals surface area contributed by atoms with Crippen LogP contribution >= 0.6 is 11.6 Å². The van der Waals surface area contributed by atoms with Crippen LogP contribution in [0.4, 0.5) is 11.4 Å². The molecule has 0 bridgehead atoms. The Morgan fingerprint density at radius 1 is 1.61 bits per heavy atom. The van der Waals surface area contributed by atoms with Crippen LogP contribution in [0.25, 0.3) is 0 Å². The number of nitrogens with zero attached hydrogens (tertiary/aromatic N) is 1. The van der Waals surface area contributed by atoms with Gasteiger partial charge in [-0.3, -0.25) is 14.9 Å². The van der Waals surface area contributed by atoms with Crippen LogP contribution in [0.5, 0.6) is 5.75 Å². The standard InChI is InChI=1S/C11H13ClN2O4/c1-7(6-12)11(15)13-9-4-3-8(14(16)17)5-10(9)18-2/h3-5,7H,6H2,1-2H3,(H,13,15). The zero-order chi connectivity index (χ0) is 13.7. The largest absolute Gasteiger partial charge is 0.494 e. The Bertz CT molecular complexity index is 464. The lowest BCUT2D eigenvalue weighted by atomic mass is 10.2. The first-order chi connectivity index (χ1) is 8.49. The van der Waals surface area contributed by atoms with E-state index in [1.807, 2.05) is 0 Å². The Balaban J connectivity index is 2.96. The summed E-state index contributed by atoms with van der Waals surface area (Å²) in [6.07, 6.45) is 0. The van der Waals surface area contributed by atoms with E-state index in [1.165, 1.54) is 25.3 Å².